The molecule has 3 aromatic heterocycles. The maximum absolute atomic E-state index is 12.4. The number of hydrogen-bond donors (Lipinski definition) is 2. The minimum atomic E-state index is -0.393. The van der Waals surface area contributed by atoms with Crippen molar-refractivity contribution in [3.05, 3.63) is 28.5 Å². The summed E-state index contributed by atoms with van der Waals surface area (Å²) in [6.07, 6.45) is 1.71. The molecule has 0 unspecified atom stereocenters. The average Bonchev–Trinajstić information content (AvgIpc) is 3.38. The number of aromatic nitrogens is 5. The summed E-state index contributed by atoms with van der Waals surface area (Å²) in [6, 6.07) is 0. The standard InChI is InChI=1S/C16H19N7O2S3/c1-4-23-11(7-12(24)19-14-17-5-6-26-14)21-22-16(23)28-10(3)13(25)20-15-18-9(2)8-27-15/h5-6,8,10H,4,7H2,1-3H3,(H,17,19,24)(H,18,20,25)/t10-/m0/s1. The van der Waals surface area contributed by atoms with Gasteiger partial charge in [-0.2, -0.15) is 0 Å². The highest BCUT2D eigenvalue weighted by Crippen LogP contribution is 2.24. The molecule has 148 valence electrons. The number of anilines is 2. The maximum Gasteiger partial charge on any atom is 0.239 e. The highest BCUT2D eigenvalue weighted by Gasteiger charge is 2.21. The number of nitrogens with zero attached hydrogens (tertiary/aromatic N) is 5. The molecule has 1 atom stereocenters. The summed E-state index contributed by atoms with van der Waals surface area (Å²) < 4.78 is 1.84. The summed E-state index contributed by atoms with van der Waals surface area (Å²) in [5, 5.41) is 18.8. The van der Waals surface area contributed by atoms with Crippen molar-refractivity contribution in [3.63, 3.8) is 0 Å². The average molecular weight is 438 g/mol. The van der Waals surface area contributed by atoms with Gasteiger partial charge in [0.15, 0.2) is 15.4 Å². The predicted molar refractivity (Wildman–Crippen MR) is 111 cm³/mol. The first kappa shape index (κ1) is 20.4. The monoisotopic (exact) mass is 437 g/mol. The van der Waals surface area contributed by atoms with E-state index in [0.717, 1.165) is 5.69 Å². The van der Waals surface area contributed by atoms with E-state index < -0.39 is 5.25 Å². The van der Waals surface area contributed by atoms with Crippen molar-refractivity contribution in [1.29, 1.82) is 0 Å². The van der Waals surface area contributed by atoms with Crippen LogP contribution in [0.25, 0.3) is 0 Å². The maximum atomic E-state index is 12.4. The molecular weight excluding hydrogens is 418 g/mol. The van der Waals surface area contributed by atoms with Crippen molar-refractivity contribution < 1.29 is 9.59 Å². The number of carbonyl (C=O) groups is 2. The highest BCUT2D eigenvalue weighted by atomic mass is 32.2. The SMILES string of the molecule is CCn1c(CC(=O)Nc2nccs2)nnc1S[C@@H](C)C(=O)Nc1nc(C)cs1. The molecule has 2 amide bonds. The van der Waals surface area contributed by atoms with Crippen molar-refractivity contribution in [1.82, 2.24) is 24.7 Å². The molecule has 3 heterocycles. The zero-order valence-corrected chi connectivity index (χ0v) is 18.0. The fourth-order valence-corrected chi connectivity index (χ4v) is 4.44. The molecule has 0 bridgehead atoms. The molecule has 0 aliphatic heterocycles. The zero-order valence-electron chi connectivity index (χ0n) is 15.5. The third-order valence-corrected chi connectivity index (χ3v) is 6.25. The Kier molecular flexibility index (Phi) is 6.75. The van der Waals surface area contributed by atoms with E-state index in [1.165, 1.54) is 34.4 Å². The highest BCUT2D eigenvalue weighted by molar-refractivity contribution is 8.00. The molecule has 3 rings (SSSR count). The summed E-state index contributed by atoms with van der Waals surface area (Å²) in [5.74, 6) is 0.175. The van der Waals surface area contributed by atoms with Gasteiger partial charge in [0.05, 0.1) is 17.4 Å². The molecule has 3 aromatic rings. The van der Waals surface area contributed by atoms with Crippen molar-refractivity contribution >= 4 is 56.5 Å². The van der Waals surface area contributed by atoms with Crippen LogP contribution >= 0.6 is 34.4 Å². The van der Waals surface area contributed by atoms with Gasteiger partial charge < -0.3 is 15.2 Å². The summed E-state index contributed by atoms with van der Waals surface area (Å²) in [6.45, 7) is 6.21. The van der Waals surface area contributed by atoms with E-state index in [-0.39, 0.29) is 18.2 Å². The molecule has 0 fully saturated rings. The molecule has 9 nitrogen and oxygen atoms in total. The number of carbonyl (C=O) groups excluding carboxylic acids is 2. The molecule has 28 heavy (non-hydrogen) atoms. The second kappa shape index (κ2) is 9.26. The number of rotatable bonds is 8. The smallest absolute Gasteiger partial charge is 0.239 e. The Morgan fingerprint density at radius 3 is 2.71 bits per heavy atom. The van der Waals surface area contributed by atoms with Crippen LogP contribution in [0.15, 0.2) is 22.1 Å². The summed E-state index contributed by atoms with van der Waals surface area (Å²) in [7, 11) is 0. The molecule has 0 aliphatic rings. The quantitative estimate of drug-likeness (QED) is 0.521. The van der Waals surface area contributed by atoms with E-state index in [0.29, 0.717) is 27.8 Å². The molecule has 2 N–H and O–H groups in total. The predicted octanol–water partition coefficient (Wildman–Crippen LogP) is 2.82. The van der Waals surface area contributed by atoms with Gasteiger partial charge in [-0.05, 0) is 20.8 Å². The number of amides is 2. The minimum absolute atomic E-state index is 0.0833. The Morgan fingerprint density at radius 2 is 2.07 bits per heavy atom. The number of thioether (sulfide) groups is 1. The van der Waals surface area contributed by atoms with Gasteiger partial charge in [0.1, 0.15) is 5.82 Å². The Labute approximate surface area is 174 Å². The van der Waals surface area contributed by atoms with E-state index in [4.69, 9.17) is 0 Å². The molecule has 0 saturated heterocycles. The first-order chi connectivity index (χ1) is 13.5. The lowest BCUT2D eigenvalue weighted by Crippen LogP contribution is -2.23. The largest absolute Gasteiger partial charge is 0.306 e. The van der Waals surface area contributed by atoms with Crippen molar-refractivity contribution in [2.75, 3.05) is 10.6 Å². The van der Waals surface area contributed by atoms with E-state index in [9.17, 15) is 9.59 Å². The van der Waals surface area contributed by atoms with E-state index in [2.05, 4.69) is 30.8 Å². The first-order valence-corrected chi connectivity index (χ1v) is 11.1. The van der Waals surface area contributed by atoms with Crippen molar-refractivity contribution in [2.45, 2.75) is 44.1 Å². The topological polar surface area (TPSA) is 115 Å². The van der Waals surface area contributed by atoms with Crippen molar-refractivity contribution in [2.24, 2.45) is 0 Å². The third-order valence-electron chi connectivity index (χ3n) is 3.61. The Bertz CT molecular complexity index is 952. The van der Waals surface area contributed by atoms with Crippen LogP contribution in [-0.2, 0) is 22.6 Å². The van der Waals surface area contributed by atoms with Crippen molar-refractivity contribution in [3.8, 4) is 0 Å². The van der Waals surface area contributed by atoms with Crippen LogP contribution in [0, 0.1) is 6.92 Å². The fraction of sp³-hybridized carbons (Fsp3) is 0.375. The summed E-state index contributed by atoms with van der Waals surface area (Å²) in [4.78, 5) is 32.9. The zero-order chi connectivity index (χ0) is 20.1. The van der Waals surface area contributed by atoms with Gasteiger partial charge in [-0.1, -0.05) is 11.8 Å². The first-order valence-electron chi connectivity index (χ1n) is 8.47. The van der Waals surface area contributed by atoms with Gasteiger partial charge in [0.2, 0.25) is 11.8 Å². The Hall–Kier alpha value is -2.31. The lowest BCUT2D eigenvalue weighted by atomic mass is 10.4. The van der Waals surface area contributed by atoms with Crippen LogP contribution in [0.2, 0.25) is 0 Å². The van der Waals surface area contributed by atoms with Crippen LogP contribution in [0.1, 0.15) is 25.4 Å². The Balaban J connectivity index is 1.62. The fourth-order valence-electron chi connectivity index (χ4n) is 2.28. The van der Waals surface area contributed by atoms with E-state index in [1.807, 2.05) is 23.8 Å². The summed E-state index contributed by atoms with van der Waals surface area (Å²) in [5.41, 5.74) is 0.868. The minimum Gasteiger partial charge on any atom is -0.306 e. The van der Waals surface area contributed by atoms with E-state index >= 15 is 0 Å². The third kappa shape index (κ3) is 5.14. The van der Waals surface area contributed by atoms with Gasteiger partial charge in [0, 0.05) is 23.5 Å². The molecular formula is C16H19N7O2S3. The molecule has 12 heteroatoms. The molecule has 0 saturated carbocycles. The molecule has 0 spiro atoms. The second-order valence-corrected chi connectivity index (χ2v) is 8.81. The number of aryl methyl sites for hydroxylation is 1. The second-order valence-electron chi connectivity index (χ2n) is 5.75. The normalized spacial score (nSPS) is 12.0. The van der Waals surface area contributed by atoms with Gasteiger partial charge in [-0.3, -0.25) is 9.59 Å². The van der Waals surface area contributed by atoms with Gasteiger partial charge >= 0.3 is 0 Å². The van der Waals surface area contributed by atoms with Crippen LogP contribution in [-0.4, -0.2) is 41.8 Å². The number of nitrogens with one attached hydrogen (secondary N) is 2. The molecule has 0 radical (unpaired) electrons. The lowest BCUT2D eigenvalue weighted by molar-refractivity contribution is -0.116. The van der Waals surface area contributed by atoms with Crippen LogP contribution in [0.3, 0.4) is 0 Å². The van der Waals surface area contributed by atoms with Gasteiger partial charge in [0.25, 0.3) is 0 Å². The molecule has 0 aliphatic carbocycles. The van der Waals surface area contributed by atoms with Gasteiger partial charge in [-0.15, -0.1) is 32.9 Å². The molecule has 0 aromatic carbocycles. The van der Waals surface area contributed by atoms with Crippen LogP contribution in [0.5, 0.6) is 0 Å². The van der Waals surface area contributed by atoms with Gasteiger partial charge in [-0.25, -0.2) is 9.97 Å². The Morgan fingerprint density at radius 1 is 1.25 bits per heavy atom. The van der Waals surface area contributed by atoms with Crippen LogP contribution < -0.4 is 10.6 Å². The van der Waals surface area contributed by atoms with Crippen LogP contribution in [0.4, 0.5) is 10.3 Å². The number of hydrogen-bond acceptors (Lipinski definition) is 9. The van der Waals surface area contributed by atoms with E-state index in [1.54, 1.807) is 18.5 Å². The number of thiazole rings is 2. The summed E-state index contributed by atoms with van der Waals surface area (Å²) >= 11 is 4.03. The lowest BCUT2D eigenvalue weighted by Gasteiger charge is -2.11.